The Morgan fingerprint density at radius 1 is 0.923 bits per heavy atom. The molecule has 4 rings (SSSR count). The second-order valence-corrected chi connectivity index (χ2v) is 5.95. The lowest BCUT2D eigenvalue weighted by Gasteiger charge is -2.23. The van der Waals surface area contributed by atoms with Crippen LogP contribution in [0.15, 0.2) is 67.3 Å². The minimum absolute atomic E-state index is 0.0612. The third-order valence-electron chi connectivity index (χ3n) is 4.12. The van der Waals surface area contributed by atoms with Gasteiger partial charge in [0.1, 0.15) is 0 Å². The molecule has 3 heterocycles. The third kappa shape index (κ3) is 3.49. The van der Waals surface area contributed by atoms with Crippen LogP contribution in [-0.4, -0.2) is 27.6 Å². The Hall–Kier alpha value is -3.41. The summed E-state index contributed by atoms with van der Waals surface area (Å²) in [6, 6.07) is 13.0. The Morgan fingerprint density at radius 2 is 1.73 bits per heavy atom. The molecule has 0 saturated carbocycles. The molecule has 0 unspecified atom stereocenters. The maximum atomic E-state index is 13.0. The molecule has 1 aromatic carbocycles. The monoisotopic (exact) mass is 347 g/mol. The lowest BCUT2D eigenvalue weighted by atomic mass is 10.1. The Morgan fingerprint density at radius 3 is 2.54 bits per heavy atom. The minimum Gasteiger partial charge on any atom is -0.454 e. The number of benzene rings is 1. The molecule has 0 bridgehead atoms. The van der Waals surface area contributed by atoms with Crippen LogP contribution in [0.4, 0.5) is 0 Å². The second-order valence-electron chi connectivity index (χ2n) is 5.95. The average Bonchev–Trinajstić information content (AvgIpc) is 3.16. The summed E-state index contributed by atoms with van der Waals surface area (Å²) in [5.74, 6) is 1.38. The van der Waals surface area contributed by atoms with E-state index in [0.29, 0.717) is 24.4 Å². The highest BCUT2D eigenvalue weighted by atomic mass is 16.7. The molecule has 0 N–H and O–H groups in total. The normalized spacial score (nSPS) is 12.0. The molecule has 6 heteroatoms. The van der Waals surface area contributed by atoms with E-state index in [1.54, 1.807) is 41.8 Å². The summed E-state index contributed by atoms with van der Waals surface area (Å²) in [7, 11) is 0. The van der Waals surface area contributed by atoms with E-state index in [1.807, 2.05) is 30.3 Å². The van der Waals surface area contributed by atoms with Crippen molar-refractivity contribution in [1.29, 1.82) is 0 Å². The molecule has 3 aromatic rings. The van der Waals surface area contributed by atoms with Gasteiger partial charge in [-0.3, -0.25) is 14.8 Å². The molecular weight excluding hydrogens is 330 g/mol. The molecule has 0 saturated heterocycles. The van der Waals surface area contributed by atoms with Gasteiger partial charge in [-0.15, -0.1) is 0 Å². The molecule has 2 aromatic heterocycles. The SMILES string of the molecule is O=C(c1ccncc1)N(Cc1cccnc1)Cc1ccc2c(c1)OCO2. The van der Waals surface area contributed by atoms with Crippen molar-refractivity contribution in [3.63, 3.8) is 0 Å². The molecule has 6 nitrogen and oxygen atoms in total. The number of fused-ring (bicyclic) bond motifs is 1. The lowest BCUT2D eigenvalue weighted by molar-refractivity contribution is 0.0729. The zero-order valence-corrected chi connectivity index (χ0v) is 14.0. The van der Waals surface area contributed by atoms with Crippen LogP contribution in [0.25, 0.3) is 0 Å². The van der Waals surface area contributed by atoms with Crippen molar-refractivity contribution in [3.05, 3.63) is 83.9 Å². The van der Waals surface area contributed by atoms with Crippen LogP contribution in [0.2, 0.25) is 0 Å². The molecule has 0 radical (unpaired) electrons. The second kappa shape index (κ2) is 7.23. The average molecular weight is 347 g/mol. The van der Waals surface area contributed by atoms with Crippen molar-refractivity contribution in [1.82, 2.24) is 14.9 Å². The number of amides is 1. The van der Waals surface area contributed by atoms with E-state index in [2.05, 4.69) is 9.97 Å². The number of ether oxygens (including phenoxy) is 2. The summed E-state index contributed by atoms with van der Waals surface area (Å²) in [6.07, 6.45) is 6.73. The van der Waals surface area contributed by atoms with Gasteiger partial charge in [-0.25, -0.2) is 0 Å². The van der Waals surface area contributed by atoms with E-state index in [1.165, 1.54) is 0 Å². The summed E-state index contributed by atoms with van der Waals surface area (Å²) in [6.45, 7) is 1.14. The first-order valence-corrected chi connectivity index (χ1v) is 8.26. The van der Waals surface area contributed by atoms with Gasteiger partial charge in [0, 0.05) is 43.4 Å². The molecule has 130 valence electrons. The van der Waals surface area contributed by atoms with E-state index >= 15 is 0 Å². The van der Waals surface area contributed by atoms with E-state index in [4.69, 9.17) is 9.47 Å². The number of hydrogen-bond donors (Lipinski definition) is 0. The van der Waals surface area contributed by atoms with Crippen LogP contribution >= 0.6 is 0 Å². The van der Waals surface area contributed by atoms with Crippen LogP contribution in [0.3, 0.4) is 0 Å². The van der Waals surface area contributed by atoms with Gasteiger partial charge in [0.2, 0.25) is 6.79 Å². The zero-order valence-electron chi connectivity index (χ0n) is 14.0. The maximum absolute atomic E-state index is 13.0. The van der Waals surface area contributed by atoms with Crippen LogP contribution in [0.5, 0.6) is 11.5 Å². The molecule has 0 fully saturated rings. The van der Waals surface area contributed by atoms with Gasteiger partial charge in [-0.05, 0) is 41.5 Å². The molecule has 0 aliphatic carbocycles. The predicted molar refractivity (Wildman–Crippen MR) is 94.6 cm³/mol. The van der Waals surface area contributed by atoms with E-state index in [0.717, 1.165) is 16.9 Å². The molecular formula is C20H17N3O3. The van der Waals surface area contributed by atoms with Gasteiger partial charge < -0.3 is 14.4 Å². The van der Waals surface area contributed by atoms with Crippen molar-refractivity contribution in [2.24, 2.45) is 0 Å². The van der Waals surface area contributed by atoms with Gasteiger partial charge in [0.05, 0.1) is 0 Å². The number of carbonyl (C=O) groups is 1. The first-order valence-electron chi connectivity index (χ1n) is 8.26. The van der Waals surface area contributed by atoms with Crippen molar-refractivity contribution in [2.75, 3.05) is 6.79 Å². The highest BCUT2D eigenvalue weighted by Gasteiger charge is 2.19. The fraction of sp³-hybridized carbons (Fsp3) is 0.150. The topological polar surface area (TPSA) is 64.6 Å². The minimum atomic E-state index is -0.0612. The van der Waals surface area contributed by atoms with Crippen LogP contribution in [-0.2, 0) is 13.1 Å². The Kier molecular flexibility index (Phi) is 4.47. The summed E-state index contributed by atoms with van der Waals surface area (Å²) in [5.41, 5.74) is 2.54. The van der Waals surface area contributed by atoms with Gasteiger partial charge in [0.25, 0.3) is 5.91 Å². The number of aromatic nitrogens is 2. The van der Waals surface area contributed by atoms with Gasteiger partial charge in [-0.1, -0.05) is 12.1 Å². The van der Waals surface area contributed by atoms with Crippen molar-refractivity contribution < 1.29 is 14.3 Å². The first-order chi connectivity index (χ1) is 12.8. The number of carbonyl (C=O) groups excluding carboxylic acids is 1. The van der Waals surface area contributed by atoms with Gasteiger partial charge >= 0.3 is 0 Å². The Bertz CT molecular complexity index is 901. The Labute approximate surface area is 151 Å². The predicted octanol–water partition coefficient (Wildman–Crippen LogP) is 3.05. The fourth-order valence-electron chi connectivity index (χ4n) is 2.85. The van der Waals surface area contributed by atoms with E-state index in [-0.39, 0.29) is 12.7 Å². The number of hydrogen-bond acceptors (Lipinski definition) is 5. The first kappa shape index (κ1) is 16.1. The van der Waals surface area contributed by atoms with Crippen LogP contribution < -0.4 is 9.47 Å². The molecule has 0 spiro atoms. The number of rotatable bonds is 5. The maximum Gasteiger partial charge on any atom is 0.254 e. The number of nitrogens with zero attached hydrogens (tertiary/aromatic N) is 3. The van der Waals surface area contributed by atoms with E-state index < -0.39 is 0 Å². The largest absolute Gasteiger partial charge is 0.454 e. The summed E-state index contributed by atoms with van der Waals surface area (Å²) in [5, 5.41) is 0. The van der Waals surface area contributed by atoms with E-state index in [9.17, 15) is 4.79 Å². The van der Waals surface area contributed by atoms with Crippen molar-refractivity contribution in [2.45, 2.75) is 13.1 Å². The third-order valence-corrected chi connectivity index (χ3v) is 4.12. The zero-order chi connectivity index (χ0) is 17.8. The van der Waals surface area contributed by atoms with Crippen LogP contribution in [0, 0.1) is 0 Å². The fourth-order valence-corrected chi connectivity index (χ4v) is 2.85. The van der Waals surface area contributed by atoms with Crippen LogP contribution in [0.1, 0.15) is 21.5 Å². The smallest absolute Gasteiger partial charge is 0.254 e. The molecule has 0 atom stereocenters. The van der Waals surface area contributed by atoms with Gasteiger partial charge in [-0.2, -0.15) is 0 Å². The quantitative estimate of drug-likeness (QED) is 0.710. The molecule has 26 heavy (non-hydrogen) atoms. The van der Waals surface area contributed by atoms with Crippen molar-refractivity contribution in [3.8, 4) is 11.5 Å². The summed E-state index contributed by atoms with van der Waals surface area (Å²) in [4.78, 5) is 22.9. The Balaban J connectivity index is 1.60. The molecule has 1 aliphatic rings. The highest BCUT2D eigenvalue weighted by Crippen LogP contribution is 2.33. The molecule has 1 aliphatic heterocycles. The summed E-state index contributed by atoms with van der Waals surface area (Å²) < 4.78 is 10.8. The highest BCUT2D eigenvalue weighted by molar-refractivity contribution is 5.94. The van der Waals surface area contributed by atoms with Gasteiger partial charge in [0.15, 0.2) is 11.5 Å². The summed E-state index contributed by atoms with van der Waals surface area (Å²) >= 11 is 0. The number of pyridine rings is 2. The lowest BCUT2D eigenvalue weighted by Crippen LogP contribution is -2.30. The van der Waals surface area contributed by atoms with Crippen molar-refractivity contribution >= 4 is 5.91 Å². The standard InChI is InChI=1S/C20H17N3O3/c24-20(17-5-8-21-9-6-17)23(13-16-2-1-7-22-11-16)12-15-3-4-18-19(10-15)26-14-25-18/h1-11H,12-14H2. The molecule has 1 amide bonds.